The van der Waals surface area contributed by atoms with Crippen LogP contribution in [0.2, 0.25) is 45.3 Å². The predicted molar refractivity (Wildman–Crippen MR) is 84.8 cm³/mol. The first kappa shape index (κ1) is 18.5. The van der Waals surface area contributed by atoms with Crippen LogP contribution in [0.1, 0.15) is 6.42 Å². The van der Waals surface area contributed by atoms with Gasteiger partial charge in [0.2, 0.25) is 0 Å². The van der Waals surface area contributed by atoms with E-state index in [4.69, 9.17) is 8.23 Å². The van der Waals surface area contributed by atoms with E-state index < -0.39 is 25.4 Å². The minimum atomic E-state index is -2.99. The van der Waals surface area contributed by atoms with Crippen LogP contribution in [0.4, 0.5) is 0 Å². The summed E-state index contributed by atoms with van der Waals surface area (Å²) in [7, 11) is -2.46. The van der Waals surface area contributed by atoms with Gasteiger partial charge in [0.1, 0.15) is 0 Å². The molecule has 0 bridgehead atoms. The van der Waals surface area contributed by atoms with E-state index in [0.717, 1.165) is 13.0 Å². The monoisotopic (exact) mass is 309 g/mol. The van der Waals surface area contributed by atoms with E-state index in [1.807, 2.05) is 14.1 Å². The molecule has 0 unspecified atom stereocenters. The van der Waals surface area contributed by atoms with Crippen molar-refractivity contribution in [3.8, 4) is 0 Å². The molecule has 0 saturated carbocycles. The predicted octanol–water partition coefficient (Wildman–Crippen LogP) is 2.57. The van der Waals surface area contributed by atoms with Gasteiger partial charge in [-0.1, -0.05) is 0 Å². The van der Waals surface area contributed by atoms with Crippen molar-refractivity contribution in [2.45, 2.75) is 51.7 Å². The highest BCUT2D eigenvalue weighted by Gasteiger charge is 2.43. The molecule has 0 fully saturated rings. The topological polar surface area (TPSA) is 41.9 Å². The van der Waals surface area contributed by atoms with Crippen molar-refractivity contribution in [3.05, 3.63) is 0 Å². The standard InChI is InChI=1S/C11H31NO3Si3/c1-12(2)10-9-11-18(13,14-16(3,4)5)15-17(6,7)8/h13H,9-11H2,1-8H3. The number of rotatable bonds is 8. The third-order valence-electron chi connectivity index (χ3n) is 2.03. The molecule has 110 valence electrons. The average Bonchev–Trinajstić information content (AvgIpc) is 1.93. The molecule has 1 N–H and O–H groups in total. The largest absolute Gasteiger partial charge is 0.477 e. The Morgan fingerprint density at radius 1 is 0.889 bits per heavy atom. The van der Waals surface area contributed by atoms with Crippen LogP contribution in [0.3, 0.4) is 0 Å². The highest BCUT2D eigenvalue weighted by Crippen LogP contribution is 2.23. The van der Waals surface area contributed by atoms with Crippen LogP contribution in [-0.2, 0) is 8.23 Å². The van der Waals surface area contributed by atoms with Gasteiger partial charge in [-0.15, -0.1) is 0 Å². The summed E-state index contributed by atoms with van der Waals surface area (Å²) in [6.07, 6.45) is 0.921. The van der Waals surface area contributed by atoms with Crippen LogP contribution in [0.5, 0.6) is 0 Å². The Bertz CT molecular complexity index is 233. The fourth-order valence-electron chi connectivity index (χ4n) is 1.70. The van der Waals surface area contributed by atoms with E-state index in [9.17, 15) is 4.80 Å². The summed E-state index contributed by atoms with van der Waals surface area (Å²) in [6, 6.07) is 0.666. The Morgan fingerprint density at radius 2 is 1.28 bits per heavy atom. The van der Waals surface area contributed by atoms with Crippen molar-refractivity contribution in [1.82, 2.24) is 4.90 Å². The van der Waals surface area contributed by atoms with Gasteiger partial charge in [0.25, 0.3) is 0 Å². The van der Waals surface area contributed by atoms with Crippen LogP contribution in [-0.4, -0.2) is 55.8 Å². The van der Waals surface area contributed by atoms with Crippen molar-refractivity contribution in [1.29, 1.82) is 0 Å². The third-order valence-corrected chi connectivity index (χ3v) is 10.5. The first-order valence-corrected chi connectivity index (χ1v) is 15.4. The third kappa shape index (κ3) is 10.4. The summed E-state index contributed by atoms with van der Waals surface area (Å²) >= 11 is 0. The normalized spacial score (nSPS) is 14.3. The quantitative estimate of drug-likeness (QED) is 0.700. The molecular formula is C11H31NO3Si3. The van der Waals surface area contributed by atoms with Gasteiger partial charge in [-0.25, -0.2) is 0 Å². The van der Waals surface area contributed by atoms with Crippen molar-refractivity contribution >= 4 is 25.4 Å². The van der Waals surface area contributed by atoms with Gasteiger partial charge < -0.3 is 17.9 Å². The van der Waals surface area contributed by atoms with E-state index in [1.54, 1.807) is 0 Å². The summed E-state index contributed by atoms with van der Waals surface area (Å²) in [4.78, 5) is 12.9. The van der Waals surface area contributed by atoms with Gasteiger partial charge in [-0.3, -0.25) is 0 Å². The van der Waals surface area contributed by atoms with Crippen molar-refractivity contribution < 1.29 is 13.0 Å². The van der Waals surface area contributed by atoms with Gasteiger partial charge in [0, 0.05) is 6.04 Å². The molecule has 0 aliphatic rings. The highest BCUT2D eigenvalue weighted by atomic mass is 28.5. The maximum Gasteiger partial charge on any atom is 0.477 e. The molecule has 0 atom stereocenters. The summed E-state index contributed by atoms with van der Waals surface area (Å²) in [6.45, 7) is 13.6. The SMILES string of the molecule is CN(C)CCC[Si](O)(O[Si](C)(C)C)O[Si](C)(C)C. The van der Waals surface area contributed by atoms with Gasteiger partial charge in [-0.2, -0.15) is 0 Å². The molecular weight excluding hydrogens is 278 g/mol. The van der Waals surface area contributed by atoms with E-state index in [-0.39, 0.29) is 0 Å². The highest BCUT2D eigenvalue weighted by molar-refractivity contribution is 6.85. The molecule has 0 heterocycles. The van der Waals surface area contributed by atoms with Crippen molar-refractivity contribution in [2.24, 2.45) is 0 Å². The van der Waals surface area contributed by atoms with E-state index in [2.05, 4.69) is 44.2 Å². The molecule has 0 aliphatic carbocycles. The second-order valence-electron chi connectivity index (χ2n) is 7.05. The molecule has 0 amide bonds. The minimum absolute atomic E-state index is 0.666. The maximum atomic E-state index is 10.7. The molecule has 0 aromatic rings. The maximum absolute atomic E-state index is 10.7. The number of nitrogens with zero attached hydrogens (tertiary/aromatic N) is 1. The molecule has 0 aromatic heterocycles. The Hall–Kier alpha value is 0.491. The minimum Gasteiger partial charge on any atom is -0.416 e. The number of hydrogen-bond donors (Lipinski definition) is 1. The molecule has 0 radical (unpaired) electrons. The Labute approximate surface area is 116 Å². The first-order chi connectivity index (χ1) is 7.83. The molecule has 7 heteroatoms. The van der Waals surface area contributed by atoms with E-state index >= 15 is 0 Å². The first-order valence-electron chi connectivity index (χ1n) is 6.60. The molecule has 0 aromatic carbocycles. The zero-order chi connectivity index (χ0) is 14.6. The smallest absolute Gasteiger partial charge is 0.416 e. The van der Waals surface area contributed by atoms with Crippen LogP contribution in [0, 0.1) is 0 Å². The molecule has 0 aliphatic heterocycles. The summed E-state index contributed by atoms with van der Waals surface area (Å²) in [5, 5.41) is 0. The zero-order valence-corrected chi connectivity index (χ0v) is 16.3. The van der Waals surface area contributed by atoms with E-state index in [1.165, 1.54) is 0 Å². The second kappa shape index (κ2) is 6.78. The second-order valence-corrected chi connectivity index (χ2v) is 19.1. The summed E-state index contributed by atoms with van der Waals surface area (Å²) in [5.74, 6) is 0. The van der Waals surface area contributed by atoms with Crippen LogP contribution in [0.25, 0.3) is 0 Å². The molecule has 0 rings (SSSR count). The zero-order valence-electron chi connectivity index (χ0n) is 13.3. The van der Waals surface area contributed by atoms with Crippen LogP contribution >= 0.6 is 0 Å². The Balaban J connectivity index is 4.60. The average molecular weight is 310 g/mol. The fourth-order valence-corrected chi connectivity index (χ4v) is 11.3. The van der Waals surface area contributed by atoms with Crippen LogP contribution < -0.4 is 0 Å². The number of hydrogen-bond acceptors (Lipinski definition) is 4. The lowest BCUT2D eigenvalue weighted by Crippen LogP contribution is -2.55. The van der Waals surface area contributed by atoms with Crippen molar-refractivity contribution in [3.63, 3.8) is 0 Å². The van der Waals surface area contributed by atoms with E-state index in [0.29, 0.717) is 6.04 Å². The lowest BCUT2D eigenvalue weighted by atomic mass is 10.5. The van der Waals surface area contributed by atoms with Gasteiger partial charge in [-0.05, 0) is 66.3 Å². The lowest BCUT2D eigenvalue weighted by Gasteiger charge is -2.36. The van der Waals surface area contributed by atoms with Crippen LogP contribution in [0.15, 0.2) is 0 Å². The van der Waals surface area contributed by atoms with Gasteiger partial charge in [0.05, 0.1) is 0 Å². The van der Waals surface area contributed by atoms with Crippen molar-refractivity contribution in [2.75, 3.05) is 20.6 Å². The summed E-state index contributed by atoms with van der Waals surface area (Å²) in [5.41, 5.74) is 0. The Kier molecular flexibility index (Phi) is 6.96. The molecule has 0 spiro atoms. The fraction of sp³-hybridized carbons (Fsp3) is 1.00. The molecule has 0 saturated heterocycles. The van der Waals surface area contributed by atoms with Gasteiger partial charge in [0.15, 0.2) is 16.6 Å². The molecule has 4 nitrogen and oxygen atoms in total. The summed E-state index contributed by atoms with van der Waals surface area (Å²) < 4.78 is 12.0. The van der Waals surface area contributed by atoms with Gasteiger partial charge >= 0.3 is 8.80 Å². The Morgan fingerprint density at radius 3 is 1.56 bits per heavy atom. The lowest BCUT2D eigenvalue weighted by molar-refractivity contribution is 0.240. The molecule has 18 heavy (non-hydrogen) atoms.